The number of likely N-dealkylation sites (N-methyl/N-ethyl adjacent to an activating group) is 1. The van der Waals surface area contributed by atoms with Crippen molar-refractivity contribution >= 4 is 23.2 Å². The van der Waals surface area contributed by atoms with Crippen LogP contribution in [-0.2, 0) is 17.8 Å². The Morgan fingerprint density at radius 2 is 1.97 bits per heavy atom. The zero-order valence-electron chi connectivity index (χ0n) is 17.4. The topological polar surface area (TPSA) is 97.1 Å². The smallest absolute Gasteiger partial charge is 0.273 e. The second kappa shape index (κ2) is 9.78. The number of carbonyl (C=O) groups is 2. The fourth-order valence-corrected chi connectivity index (χ4v) is 4.64. The van der Waals surface area contributed by atoms with Gasteiger partial charge < -0.3 is 9.80 Å². The first-order valence-corrected chi connectivity index (χ1v) is 11.2. The van der Waals surface area contributed by atoms with Crippen LogP contribution in [0.25, 0.3) is 0 Å². The molecule has 1 saturated heterocycles. The van der Waals surface area contributed by atoms with Gasteiger partial charge in [0.1, 0.15) is 18.6 Å². The third-order valence-corrected chi connectivity index (χ3v) is 6.56. The summed E-state index contributed by atoms with van der Waals surface area (Å²) in [5.74, 6) is 0.242. The number of nitrogens with zero attached hydrogens (tertiary/aromatic N) is 7. The second-order valence-electron chi connectivity index (χ2n) is 7.70. The Labute approximate surface area is 184 Å². The van der Waals surface area contributed by atoms with Gasteiger partial charge in [0.05, 0.1) is 5.01 Å². The van der Waals surface area contributed by atoms with E-state index >= 15 is 0 Å². The van der Waals surface area contributed by atoms with Crippen molar-refractivity contribution in [1.29, 1.82) is 0 Å². The molecule has 0 aliphatic carbocycles. The number of likely N-dealkylation sites (tertiary alicyclic amines) is 1. The van der Waals surface area contributed by atoms with E-state index in [-0.39, 0.29) is 24.3 Å². The number of thiazole rings is 1. The van der Waals surface area contributed by atoms with Crippen LogP contribution in [0.1, 0.15) is 39.8 Å². The molecule has 162 valence electrons. The quantitative estimate of drug-likeness (QED) is 0.557. The van der Waals surface area contributed by atoms with E-state index in [9.17, 15) is 9.59 Å². The number of hydrogen-bond acceptors (Lipinski definition) is 7. The van der Waals surface area contributed by atoms with Gasteiger partial charge in [0.2, 0.25) is 5.91 Å². The summed E-state index contributed by atoms with van der Waals surface area (Å²) in [7, 11) is 1.82. The van der Waals surface area contributed by atoms with Crippen molar-refractivity contribution < 1.29 is 9.59 Å². The van der Waals surface area contributed by atoms with Gasteiger partial charge in [-0.05, 0) is 35.3 Å². The van der Waals surface area contributed by atoms with Crippen molar-refractivity contribution in [1.82, 2.24) is 35.0 Å². The molecule has 0 radical (unpaired) electrons. The highest BCUT2D eigenvalue weighted by atomic mass is 32.1. The second-order valence-corrected chi connectivity index (χ2v) is 8.59. The molecule has 0 saturated carbocycles. The Bertz CT molecular complexity index is 998. The van der Waals surface area contributed by atoms with Crippen LogP contribution < -0.4 is 0 Å². The first-order chi connectivity index (χ1) is 15.1. The Kier molecular flexibility index (Phi) is 6.66. The summed E-state index contributed by atoms with van der Waals surface area (Å²) in [6.07, 6.45) is 3.94. The molecule has 31 heavy (non-hydrogen) atoms. The molecule has 0 N–H and O–H groups in total. The maximum Gasteiger partial charge on any atom is 0.273 e. The number of tetrazole rings is 1. The number of rotatable bonds is 7. The van der Waals surface area contributed by atoms with Gasteiger partial charge in [0.25, 0.3) is 5.91 Å². The minimum Gasteiger partial charge on any atom is -0.341 e. The third kappa shape index (κ3) is 5.32. The lowest BCUT2D eigenvalue weighted by molar-refractivity contribution is -0.133. The SMILES string of the molecule is CN(CCc1ccccc1)C(=O)c1csc(C2CCN(C(=O)Cn3cnnn3)CC2)n1. The summed E-state index contributed by atoms with van der Waals surface area (Å²) >= 11 is 1.54. The molecular weight excluding hydrogens is 414 g/mol. The van der Waals surface area contributed by atoms with Gasteiger partial charge in [-0.15, -0.1) is 16.4 Å². The van der Waals surface area contributed by atoms with Crippen LogP contribution >= 0.6 is 11.3 Å². The minimum absolute atomic E-state index is 0.0146. The standard InChI is InChI=1S/C21H25N7O2S/c1-26(10-7-16-5-3-2-4-6-16)21(30)18-14-31-20(23-18)17-8-11-27(12-9-17)19(29)13-28-15-22-24-25-28/h2-6,14-15,17H,7-13H2,1H3. The molecule has 1 aliphatic rings. The van der Waals surface area contributed by atoms with E-state index in [1.807, 2.05) is 35.5 Å². The maximum absolute atomic E-state index is 12.8. The van der Waals surface area contributed by atoms with Crippen molar-refractivity contribution in [2.24, 2.45) is 0 Å². The van der Waals surface area contributed by atoms with Crippen LogP contribution in [0.3, 0.4) is 0 Å². The summed E-state index contributed by atoms with van der Waals surface area (Å²) < 4.78 is 1.43. The average molecular weight is 440 g/mol. The van der Waals surface area contributed by atoms with Crippen molar-refractivity contribution in [3.8, 4) is 0 Å². The van der Waals surface area contributed by atoms with E-state index in [1.54, 1.807) is 4.90 Å². The van der Waals surface area contributed by atoms with Crippen LogP contribution in [-0.4, -0.2) is 73.5 Å². The first kappa shape index (κ1) is 21.1. The fraction of sp³-hybridized carbons (Fsp3) is 0.429. The van der Waals surface area contributed by atoms with Crippen molar-refractivity contribution in [2.75, 3.05) is 26.7 Å². The van der Waals surface area contributed by atoms with Gasteiger partial charge >= 0.3 is 0 Å². The normalized spacial score (nSPS) is 14.5. The van der Waals surface area contributed by atoms with Crippen LogP contribution in [0, 0.1) is 0 Å². The van der Waals surface area contributed by atoms with Gasteiger partial charge in [-0.25, -0.2) is 9.67 Å². The molecule has 9 nitrogen and oxygen atoms in total. The van der Waals surface area contributed by atoms with Crippen LogP contribution in [0.2, 0.25) is 0 Å². The van der Waals surface area contributed by atoms with E-state index in [1.165, 1.54) is 27.9 Å². The lowest BCUT2D eigenvalue weighted by Crippen LogP contribution is -2.39. The van der Waals surface area contributed by atoms with Crippen molar-refractivity contribution in [3.05, 3.63) is 58.3 Å². The van der Waals surface area contributed by atoms with Crippen LogP contribution in [0.5, 0.6) is 0 Å². The number of hydrogen-bond donors (Lipinski definition) is 0. The molecule has 2 amide bonds. The summed E-state index contributed by atoms with van der Waals surface area (Å²) in [6, 6.07) is 10.1. The molecule has 1 aromatic carbocycles. The molecule has 0 bridgehead atoms. The molecule has 0 unspecified atom stereocenters. The molecule has 3 aromatic rings. The van der Waals surface area contributed by atoms with Gasteiger partial charge in [-0.3, -0.25) is 9.59 Å². The van der Waals surface area contributed by atoms with Gasteiger partial charge in [-0.1, -0.05) is 30.3 Å². The number of piperidine rings is 1. The highest BCUT2D eigenvalue weighted by Crippen LogP contribution is 2.30. The predicted octanol–water partition coefficient (Wildman–Crippen LogP) is 1.85. The Balaban J connectivity index is 1.27. The van der Waals surface area contributed by atoms with E-state index in [0.29, 0.717) is 25.3 Å². The molecule has 0 spiro atoms. The molecule has 0 atom stereocenters. The lowest BCUT2D eigenvalue weighted by Gasteiger charge is -2.31. The third-order valence-electron chi connectivity index (χ3n) is 5.55. The predicted molar refractivity (Wildman–Crippen MR) is 116 cm³/mol. The zero-order chi connectivity index (χ0) is 21.6. The molecule has 2 aromatic heterocycles. The summed E-state index contributed by atoms with van der Waals surface area (Å²) in [5.41, 5.74) is 1.72. The Morgan fingerprint density at radius 1 is 1.19 bits per heavy atom. The number of carbonyl (C=O) groups excluding carboxylic acids is 2. The summed E-state index contributed by atoms with van der Waals surface area (Å²) in [5, 5.41) is 13.7. The first-order valence-electron chi connectivity index (χ1n) is 10.3. The average Bonchev–Trinajstić information content (AvgIpc) is 3.50. The monoisotopic (exact) mass is 439 g/mol. The van der Waals surface area contributed by atoms with E-state index in [4.69, 9.17) is 0 Å². The zero-order valence-corrected chi connectivity index (χ0v) is 18.2. The Morgan fingerprint density at radius 3 is 2.68 bits per heavy atom. The minimum atomic E-state index is -0.0486. The molecule has 4 rings (SSSR count). The summed E-state index contributed by atoms with van der Waals surface area (Å²) in [4.78, 5) is 33.3. The lowest BCUT2D eigenvalue weighted by atomic mass is 9.97. The molecule has 1 fully saturated rings. The number of benzene rings is 1. The summed E-state index contributed by atoms with van der Waals surface area (Å²) in [6.45, 7) is 2.15. The van der Waals surface area contributed by atoms with E-state index in [0.717, 1.165) is 24.3 Å². The van der Waals surface area contributed by atoms with Gasteiger partial charge in [0.15, 0.2) is 0 Å². The fourth-order valence-electron chi connectivity index (χ4n) is 3.68. The Hall–Kier alpha value is -3.14. The highest BCUT2D eigenvalue weighted by Gasteiger charge is 2.27. The highest BCUT2D eigenvalue weighted by molar-refractivity contribution is 7.09. The molecule has 3 heterocycles. The maximum atomic E-state index is 12.8. The van der Waals surface area contributed by atoms with Crippen LogP contribution in [0.4, 0.5) is 0 Å². The molecular formula is C21H25N7O2S. The largest absolute Gasteiger partial charge is 0.341 e. The van der Waals surface area contributed by atoms with E-state index in [2.05, 4.69) is 32.6 Å². The number of aromatic nitrogens is 5. The van der Waals surface area contributed by atoms with E-state index < -0.39 is 0 Å². The van der Waals surface area contributed by atoms with Crippen molar-refractivity contribution in [2.45, 2.75) is 31.7 Å². The van der Waals surface area contributed by atoms with Crippen molar-refractivity contribution in [3.63, 3.8) is 0 Å². The van der Waals surface area contributed by atoms with Gasteiger partial charge in [-0.2, -0.15) is 0 Å². The van der Waals surface area contributed by atoms with Crippen LogP contribution in [0.15, 0.2) is 42.0 Å². The molecule has 1 aliphatic heterocycles. The van der Waals surface area contributed by atoms with Gasteiger partial charge in [0, 0.05) is 38.0 Å². The number of amides is 2. The molecule has 10 heteroatoms.